The Balaban J connectivity index is 1.55. The van der Waals surface area contributed by atoms with Crippen molar-refractivity contribution in [2.24, 2.45) is 0 Å². The Kier molecular flexibility index (Phi) is 4.31. The fourth-order valence-corrected chi connectivity index (χ4v) is 3.40. The number of H-pyrrole nitrogens is 1. The van der Waals surface area contributed by atoms with Gasteiger partial charge in [-0.3, -0.25) is 9.89 Å². The highest BCUT2D eigenvalue weighted by atomic mass is 32.1. The van der Waals surface area contributed by atoms with E-state index in [0.717, 1.165) is 11.3 Å². The second kappa shape index (κ2) is 6.93. The molecule has 0 spiro atoms. The van der Waals surface area contributed by atoms with E-state index in [2.05, 4.69) is 15.5 Å². The van der Waals surface area contributed by atoms with Crippen molar-refractivity contribution in [3.63, 3.8) is 0 Å². The van der Waals surface area contributed by atoms with Crippen molar-refractivity contribution in [1.29, 1.82) is 0 Å². The molecule has 0 saturated heterocycles. The van der Waals surface area contributed by atoms with E-state index in [4.69, 9.17) is 9.84 Å². The van der Waals surface area contributed by atoms with E-state index in [-0.39, 0.29) is 10.8 Å². The SMILES string of the molecule is O=C(Nc1n[nH]c2cc(C(=O)O)sc12)c1cccc(Oc2ccccc2)c1. The monoisotopic (exact) mass is 379 g/mol. The third-order valence-corrected chi connectivity index (χ3v) is 4.88. The van der Waals surface area contributed by atoms with Crippen LogP contribution >= 0.6 is 11.3 Å². The minimum Gasteiger partial charge on any atom is -0.477 e. The number of aromatic nitrogens is 2. The van der Waals surface area contributed by atoms with Gasteiger partial charge in [0.1, 0.15) is 16.4 Å². The van der Waals surface area contributed by atoms with Crippen LogP contribution in [-0.4, -0.2) is 27.2 Å². The Labute approximate surface area is 157 Å². The molecule has 0 aliphatic carbocycles. The van der Waals surface area contributed by atoms with Gasteiger partial charge in [0.2, 0.25) is 0 Å². The summed E-state index contributed by atoms with van der Waals surface area (Å²) in [4.78, 5) is 23.8. The van der Waals surface area contributed by atoms with Gasteiger partial charge < -0.3 is 15.2 Å². The molecule has 1 amide bonds. The number of para-hydroxylation sites is 1. The summed E-state index contributed by atoms with van der Waals surface area (Å²) in [6, 6.07) is 17.5. The molecular formula is C19H13N3O4S. The average Bonchev–Trinajstić information content (AvgIpc) is 3.25. The molecule has 0 aliphatic heterocycles. The van der Waals surface area contributed by atoms with Gasteiger partial charge in [-0.05, 0) is 36.4 Å². The summed E-state index contributed by atoms with van der Waals surface area (Å²) in [5, 5.41) is 18.5. The van der Waals surface area contributed by atoms with Crippen molar-refractivity contribution in [2.75, 3.05) is 5.32 Å². The van der Waals surface area contributed by atoms with Crippen molar-refractivity contribution in [1.82, 2.24) is 10.2 Å². The molecule has 3 N–H and O–H groups in total. The number of thiophene rings is 1. The first-order valence-electron chi connectivity index (χ1n) is 7.95. The number of hydrogen-bond acceptors (Lipinski definition) is 5. The molecule has 134 valence electrons. The number of aromatic amines is 1. The lowest BCUT2D eigenvalue weighted by Gasteiger charge is -2.07. The summed E-state index contributed by atoms with van der Waals surface area (Å²) in [6.07, 6.45) is 0. The van der Waals surface area contributed by atoms with Gasteiger partial charge in [-0.15, -0.1) is 11.3 Å². The molecule has 0 bridgehead atoms. The number of carbonyl (C=O) groups excluding carboxylic acids is 1. The first kappa shape index (κ1) is 16.8. The number of aromatic carboxylic acids is 1. The average molecular weight is 379 g/mol. The molecular weight excluding hydrogens is 366 g/mol. The molecule has 7 nitrogen and oxygen atoms in total. The van der Waals surface area contributed by atoms with Gasteiger partial charge in [0.15, 0.2) is 5.82 Å². The molecule has 0 radical (unpaired) electrons. The maximum absolute atomic E-state index is 12.6. The number of nitrogens with zero attached hydrogens (tertiary/aromatic N) is 1. The number of amides is 1. The zero-order valence-corrected chi connectivity index (χ0v) is 14.6. The van der Waals surface area contributed by atoms with Crippen molar-refractivity contribution in [3.05, 3.63) is 71.1 Å². The Morgan fingerprint density at radius 1 is 1.04 bits per heavy atom. The number of ether oxygens (including phenoxy) is 1. The molecule has 4 rings (SSSR count). The van der Waals surface area contributed by atoms with Gasteiger partial charge in [-0.25, -0.2) is 4.79 Å². The highest BCUT2D eigenvalue weighted by molar-refractivity contribution is 7.21. The van der Waals surface area contributed by atoms with Crippen LogP contribution in [0.3, 0.4) is 0 Å². The van der Waals surface area contributed by atoms with E-state index in [1.807, 2.05) is 30.3 Å². The van der Waals surface area contributed by atoms with Gasteiger partial charge in [0, 0.05) is 5.56 Å². The second-order valence-corrected chi connectivity index (χ2v) is 6.68. The zero-order chi connectivity index (χ0) is 18.8. The largest absolute Gasteiger partial charge is 0.477 e. The number of carboxylic acids is 1. The van der Waals surface area contributed by atoms with Crippen LogP contribution in [0.5, 0.6) is 11.5 Å². The number of rotatable bonds is 5. The standard InChI is InChI=1S/C19H13N3O4S/c23-18(20-17-16-14(21-22-17)10-15(27-16)19(24)25)11-5-4-8-13(9-11)26-12-6-2-1-3-7-12/h1-10H,(H,24,25)(H2,20,21,22,23). The predicted octanol–water partition coefficient (Wildman–Crippen LogP) is 4.37. The summed E-state index contributed by atoms with van der Waals surface area (Å²) >= 11 is 1.05. The molecule has 0 unspecified atom stereocenters. The van der Waals surface area contributed by atoms with E-state index in [0.29, 0.717) is 33.1 Å². The molecule has 0 aliphatic rings. The van der Waals surface area contributed by atoms with Gasteiger partial charge in [-0.2, -0.15) is 5.10 Å². The summed E-state index contributed by atoms with van der Waals surface area (Å²) in [7, 11) is 0. The van der Waals surface area contributed by atoms with Crippen molar-refractivity contribution < 1.29 is 19.4 Å². The lowest BCUT2D eigenvalue weighted by molar-refractivity contribution is 0.0702. The highest BCUT2D eigenvalue weighted by Crippen LogP contribution is 2.30. The summed E-state index contributed by atoms with van der Waals surface area (Å²) < 4.78 is 6.32. The van der Waals surface area contributed by atoms with Crippen molar-refractivity contribution >= 4 is 39.2 Å². The van der Waals surface area contributed by atoms with Gasteiger partial charge in [0.05, 0.1) is 10.2 Å². The van der Waals surface area contributed by atoms with Crippen LogP contribution in [0.2, 0.25) is 0 Å². The van der Waals surface area contributed by atoms with E-state index < -0.39 is 5.97 Å². The Hall–Kier alpha value is -3.65. The first-order valence-corrected chi connectivity index (χ1v) is 8.77. The van der Waals surface area contributed by atoms with Crippen molar-refractivity contribution in [2.45, 2.75) is 0 Å². The quantitative estimate of drug-likeness (QED) is 0.478. The lowest BCUT2D eigenvalue weighted by atomic mass is 10.2. The highest BCUT2D eigenvalue weighted by Gasteiger charge is 2.17. The molecule has 2 heterocycles. The Bertz CT molecular complexity index is 1130. The summed E-state index contributed by atoms with van der Waals surface area (Å²) in [6.45, 7) is 0. The molecule has 8 heteroatoms. The van der Waals surface area contributed by atoms with Gasteiger partial charge >= 0.3 is 5.97 Å². The predicted molar refractivity (Wildman–Crippen MR) is 102 cm³/mol. The number of nitrogens with one attached hydrogen (secondary N) is 2. The molecule has 27 heavy (non-hydrogen) atoms. The fourth-order valence-electron chi connectivity index (χ4n) is 2.51. The van der Waals surface area contributed by atoms with Crippen LogP contribution in [0.25, 0.3) is 10.2 Å². The summed E-state index contributed by atoms with van der Waals surface area (Å²) in [5.41, 5.74) is 0.962. The minimum absolute atomic E-state index is 0.174. The number of hydrogen-bond donors (Lipinski definition) is 3. The number of anilines is 1. The van der Waals surface area contributed by atoms with E-state index in [9.17, 15) is 9.59 Å². The maximum atomic E-state index is 12.6. The number of carbonyl (C=O) groups is 2. The molecule has 0 saturated carbocycles. The third-order valence-electron chi connectivity index (χ3n) is 3.75. The van der Waals surface area contributed by atoms with E-state index >= 15 is 0 Å². The maximum Gasteiger partial charge on any atom is 0.345 e. The third kappa shape index (κ3) is 3.51. The van der Waals surface area contributed by atoms with Crippen molar-refractivity contribution in [3.8, 4) is 11.5 Å². The summed E-state index contributed by atoms with van der Waals surface area (Å²) in [5.74, 6) is 0.107. The fraction of sp³-hybridized carbons (Fsp3) is 0. The van der Waals surface area contributed by atoms with Crippen LogP contribution in [-0.2, 0) is 0 Å². The van der Waals surface area contributed by atoms with Crippen LogP contribution in [0, 0.1) is 0 Å². The smallest absolute Gasteiger partial charge is 0.345 e. The van der Waals surface area contributed by atoms with Gasteiger partial charge in [0.25, 0.3) is 5.91 Å². The minimum atomic E-state index is -1.02. The molecule has 0 atom stereocenters. The number of carboxylic acid groups (broad SMARTS) is 1. The Morgan fingerprint density at radius 2 is 1.81 bits per heavy atom. The second-order valence-electron chi connectivity index (χ2n) is 5.63. The number of benzene rings is 2. The first-order chi connectivity index (χ1) is 13.1. The Morgan fingerprint density at radius 3 is 2.59 bits per heavy atom. The van der Waals surface area contributed by atoms with E-state index in [1.54, 1.807) is 24.3 Å². The van der Waals surface area contributed by atoms with Crippen LogP contribution in [0.4, 0.5) is 5.82 Å². The topological polar surface area (TPSA) is 104 Å². The normalized spacial score (nSPS) is 10.7. The van der Waals surface area contributed by atoms with Crippen LogP contribution in [0.1, 0.15) is 20.0 Å². The number of fused-ring (bicyclic) bond motifs is 1. The zero-order valence-electron chi connectivity index (χ0n) is 13.8. The molecule has 2 aromatic carbocycles. The molecule has 4 aromatic rings. The van der Waals surface area contributed by atoms with Crippen LogP contribution in [0.15, 0.2) is 60.7 Å². The molecule has 2 aromatic heterocycles. The van der Waals surface area contributed by atoms with Crippen LogP contribution < -0.4 is 10.1 Å². The lowest BCUT2D eigenvalue weighted by Crippen LogP contribution is -2.12. The van der Waals surface area contributed by atoms with E-state index in [1.165, 1.54) is 6.07 Å². The van der Waals surface area contributed by atoms with Gasteiger partial charge in [-0.1, -0.05) is 24.3 Å². The molecule has 0 fully saturated rings.